The topological polar surface area (TPSA) is 78.9 Å². The van der Waals surface area contributed by atoms with Gasteiger partial charge in [-0.1, -0.05) is 48.5 Å². The molecule has 0 fully saturated rings. The van der Waals surface area contributed by atoms with Crippen molar-refractivity contribution in [3.63, 3.8) is 0 Å². The summed E-state index contributed by atoms with van der Waals surface area (Å²) < 4.78 is 5.79. The Morgan fingerprint density at radius 2 is 1.76 bits per heavy atom. The predicted octanol–water partition coefficient (Wildman–Crippen LogP) is 2.85. The highest BCUT2D eigenvalue weighted by atomic mass is 16.5. The first-order chi connectivity index (χ1) is 12.1. The second kappa shape index (κ2) is 9.32. The van der Waals surface area contributed by atoms with Gasteiger partial charge in [0.1, 0.15) is 12.4 Å². The summed E-state index contributed by atoms with van der Waals surface area (Å²) in [4.78, 5) is 23.7. The Labute approximate surface area is 147 Å². The molecule has 0 radical (unpaired) electrons. The molecule has 25 heavy (non-hydrogen) atoms. The van der Waals surface area contributed by atoms with Gasteiger partial charge in [-0.3, -0.25) is 4.79 Å². The number of ether oxygens (including phenoxy) is 1. The molecule has 0 spiro atoms. The second-order valence-corrected chi connectivity index (χ2v) is 5.51. The van der Waals surface area contributed by atoms with Crippen molar-refractivity contribution in [3.8, 4) is 16.9 Å². The van der Waals surface area contributed by atoms with Crippen LogP contribution in [0.15, 0.2) is 54.6 Å². The maximum absolute atomic E-state index is 11.8. The number of aliphatic carboxylic acids is 1. The number of carbonyl (C=O) groups excluding carboxylic acids is 1. The van der Waals surface area contributed by atoms with Crippen molar-refractivity contribution in [2.75, 3.05) is 26.7 Å². The van der Waals surface area contributed by atoms with Gasteiger partial charge in [0.05, 0.1) is 13.0 Å². The van der Waals surface area contributed by atoms with E-state index in [1.165, 1.54) is 4.90 Å². The quantitative estimate of drug-likeness (QED) is 0.723. The minimum Gasteiger partial charge on any atom is -0.491 e. The number of nitrogens with one attached hydrogen (secondary N) is 1. The fourth-order valence-corrected chi connectivity index (χ4v) is 2.27. The molecule has 2 aromatic rings. The maximum Gasteiger partial charge on any atom is 0.317 e. The zero-order valence-corrected chi connectivity index (χ0v) is 14.1. The summed E-state index contributed by atoms with van der Waals surface area (Å²) >= 11 is 0. The summed E-state index contributed by atoms with van der Waals surface area (Å²) in [5.41, 5.74) is 2.06. The number of rotatable bonds is 8. The van der Waals surface area contributed by atoms with Crippen molar-refractivity contribution in [1.29, 1.82) is 0 Å². The van der Waals surface area contributed by atoms with Crippen LogP contribution in [0.1, 0.15) is 6.42 Å². The van der Waals surface area contributed by atoms with Crippen LogP contribution in [0.5, 0.6) is 5.75 Å². The summed E-state index contributed by atoms with van der Waals surface area (Å²) in [6.45, 7) is 0.820. The molecule has 2 rings (SSSR count). The molecule has 0 aromatic heterocycles. The third-order valence-corrected chi connectivity index (χ3v) is 3.62. The number of benzene rings is 2. The van der Waals surface area contributed by atoms with Crippen molar-refractivity contribution < 1.29 is 19.4 Å². The molecule has 132 valence electrons. The lowest BCUT2D eigenvalue weighted by molar-refractivity contribution is -0.137. The zero-order valence-electron chi connectivity index (χ0n) is 14.1. The minimum absolute atomic E-state index is 0.0785. The molecule has 0 saturated heterocycles. The monoisotopic (exact) mass is 342 g/mol. The van der Waals surface area contributed by atoms with E-state index in [9.17, 15) is 9.59 Å². The molecule has 0 bridgehead atoms. The molecule has 2 aromatic carbocycles. The Balaban J connectivity index is 1.83. The van der Waals surface area contributed by atoms with Gasteiger partial charge in [-0.25, -0.2) is 4.79 Å². The number of carboxylic acid groups (broad SMARTS) is 1. The van der Waals surface area contributed by atoms with E-state index in [1.54, 1.807) is 7.05 Å². The molecule has 2 N–H and O–H groups in total. The summed E-state index contributed by atoms with van der Waals surface area (Å²) in [6.07, 6.45) is -0.0785. The van der Waals surface area contributed by atoms with Gasteiger partial charge >= 0.3 is 12.0 Å². The molecular formula is C19H22N2O4. The standard InChI is InChI=1S/C19H22N2O4/c1-21(13-11-18(22)23)19(24)20-12-14-25-17-10-6-5-9-16(17)15-7-3-2-4-8-15/h2-10H,11-14H2,1H3,(H,20,24)(H,22,23). The van der Waals surface area contributed by atoms with Crippen LogP contribution in [0.3, 0.4) is 0 Å². The van der Waals surface area contributed by atoms with Gasteiger partial charge in [0.2, 0.25) is 0 Å². The minimum atomic E-state index is -0.930. The lowest BCUT2D eigenvalue weighted by Gasteiger charge is -2.17. The molecule has 0 atom stereocenters. The van der Waals surface area contributed by atoms with E-state index in [1.807, 2.05) is 54.6 Å². The van der Waals surface area contributed by atoms with Crippen LogP contribution >= 0.6 is 0 Å². The largest absolute Gasteiger partial charge is 0.491 e. The van der Waals surface area contributed by atoms with Crippen LogP contribution < -0.4 is 10.1 Å². The van der Waals surface area contributed by atoms with Gasteiger partial charge in [0, 0.05) is 19.2 Å². The summed E-state index contributed by atoms with van der Waals surface area (Å²) in [5.74, 6) is -0.178. The van der Waals surface area contributed by atoms with Crippen LogP contribution in [-0.4, -0.2) is 48.8 Å². The van der Waals surface area contributed by atoms with Crippen molar-refractivity contribution in [3.05, 3.63) is 54.6 Å². The molecule has 2 amide bonds. The maximum atomic E-state index is 11.8. The lowest BCUT2D eigenvalue weighted by Crippen LogP contribution is -2.40. The fourth-order valence-electron chi connectivity index (χ4n) is 2.27. The van der Waals surface area contributed by atoms with E-state index >= 15 is 0 Å². The Hall–Kier alpha value is -3.02. The molecule has 0 aliphatic rings. The number of nitrogens with zero attached hydrogens (tertiary/aromatic N) is 1. The number of hydrogen-bond donors (Lipinski definition) is 2. The summed E-state index contributed by atoms with van der Waals surface area (Å²) in [6, 6.07) is 17.4. The highest BCUT2D eigenvalue weighted by Gasteiger charge is 2.10. The SMILES string of the molecule is CN(CCC(=O)O)C(=O)NCCOc1ccccc1-c1ccccc1. The molecular weight excluding hydrogens is 320 g/mol. The summed E-state index contributed by atoms with van der Waals surface area (Å²) in [5, 5.41) is 11.3. The molecule has 0 aliphatic carbocycles. The number of para-hydroxylation sites is 1. The Kier molecular flexibility index (Phi) is 6.83. The Morgan fingerprint density at radius 3 is 2.48 bits per heavy atom. The van der Waals surface area contributed by atoms with Crippen LogP contribution in [0, 0.1) is 0 Å². The van der Waals surface area contributed by atoms with Crippen LogP contribution in [0.4, 0.5) is 4.79 Å². The third kappa shape index (κ3) is 5.84. The third-order valence-electron chi connectivity index (χ3n) is 3.62. The van der Waals surface area contributed by atoms with E-state index in [2.05, 4.69) is 5.32 Å². The van der Waals surface area contributed by atoms with Gasteiger partial charge in [0.25, 0.3) is 0 Å². The van der Waals surface area contributed by atoms with Crippen LogP contribution in [0.2, 0.25) is 0 Å². The smallest absolute Gasteiger partial charge is 0.317 e. The van der Waals surface area contributed by atoms with E-state index in [0.29, 0.717) is 13.2 Å². The van der Waals surface area contributed by atoms with E-state index in [4.69, 9.17) is 9.84 Å². The van der Waals surface area contributed by atoms with Gasteiger partial charge in [-0.05, 0) is 11.6 Å². The van der Waals surface area contributed by atoms with Crippen molar-refractivity contribution in [2.45, 2.75) is 6.42 Å². The van der Waals surface area contributed by atoms with E-state index in [0.717, 1.165) is 16.9 Å². The molecule has 6 heteroatoms. The summed E-state index contributed by atoms with van der Waals surface area (Å²) in [7, 11) is 1.56. The van der Waals surface area contributed by atoms with Crippen LogP contribution in [0.25, 0.3) is 11.1 Å². The van der Waals surface area contributed by atoms with Crippen molar-refractivity contribution in [2.24, 2.45) is 0 Å². The van der Waals surface area contributed by atoms with Crippen molar-refractivity contribution >= 4 is 12.0 Å². The van der Waals surface area contributed by atoms with E-state index in [-0.39, 0.29) is 19.0 Å². The average Bonchev–Trinajstić information content (AvgIpc) is 2.64. The van der Waals surface area contributed by atoms with Crippen molar-refractivity contribution in [1.82, 2.24) is 10.2 Å². The first kappa shape index (κ1) is 18.3. The van der Waals surface area contributed by atoms with Gasteiger partial charge < -0.3 is 20.1 Å². The molecule has 6 nitrogen and oxygen atoms in total. The van der Waals surface area contributed by atoms with Crippen LogP contribution in [-0.2, 0) is 4.79 Å². The Morgan fingerprint density at radius 1 is 1.08 bits per heavy atom. The number of carbonyl (C=O) groups is 2. The predicted molar refractivity (Wildman–Crippen MR) is 95.7 cm³/mol. The zero-order chi connectivity index (χ0) is 18.1. The highest BCUT2D eigenvalue weighted by molar-refractivity contribution is 5.75. The first-order valence-electron chi connectivity index (χ1n) is 8.06. The highest BCUT2D eigenvalue weighted by Crippen LogP contribution is 2.29. The first-order valence-corrected chi connectivity index (χ1v) is 8.06. The van der Waals surface area contributed by atoms with E-state index < -0.39 is 5.97 Å². The molecule has 0 heterocycles. The molecule has 0 saturated carbocycles. The molecule has 0 aliphatic heterocycles. The number of hydrogen-bond acceptors (Lipinski definition) is 3. The fraction of sp³-hybridized carbons (Fsp3) is 0.263. The van der Waals surface area contributed by atoms with Gasteiger partial charge in [0.15, 0.2) is 0 Å². The Bertz CT molecular complexity index is 704. The number of carboxylic acids is 1. The van der Waals surface area contributed by atoms with Gasteiger partial charge in [-0.15, -0.1) is 0 Å². The molecule has 0 unspecified atom stereocenters. The lowest BCUT2D eigenvalue weighted by atomic mass is 10.1. The van der Waals surface area contributed by atoms with Gasteiger partial charge in [-0.2, -0.15) is 0 Å². The average molecular weight is 342 g/mol. The second-order valence-electron chi connectivity index (χ2n) is 5.51. The number of urea groups is 1. The normalized spacial score (nSPS) is 10.1. The number of amides is 2.